The van der Waals surface area contributed by atoms with Crippen LogP contribution in [0.4, 0.5) is 0 Å². The molecule has 1 atom stereocenters. The van der Waals surface area contributed by atoms with E-state index in [4.69, 9.17) is 4.74 Å². The van der Waals surface area contributed by atoms with Gasteiger partial charge < -0.3 is 4.74 Å². The van der Waals surface area contributed by atoms with E-state index in [1.54, 1.807) is 6.08 Å². The highest BCUT2D eigenvalue weighted by molar-refractivity contribution is 5.81. The predicted octanol–water partition coefficient (Wildman–Crippen LogP) is 4.10. The van der Waals surface area contributed by atoms with Gasteiger partial charge in [0.25, 0.3) is 0 Å². The van der Waals surface area contributed by atoms with E-state index in [-0.39, 0.29) is 5.97 Å². The molecular formula is C14H26O2. The van der Waals surface area contributed by atoms with Crippen LogP contribution in [-0.2, 0) is 9.53 Å². The van der Waals surface area contributed by atoms with E-state index in [1.807, 2.05) is 6.08 Å². The van der Waals surface area contributed by atoms with Gasteiger partial charge in [-0.05, 0) is 18.8 Å². The van der Waals surface area contributed by atoms with Gasteiger partial charge in [-0.2, -0.15) is 0 Å². The topological polar surface area (TPSA) is 26.3 Å². The minimum Gasteiger partial charge on any atom is -0.462 e. The highest BCUT2D eigenvalue weighted by atomic mass is 16.5. The van der Waals surface area contributed by atoms with E-state index < -0.39 is 0 Å². The van der Waals surface area contributed by atoms with E-state index >= 15 is 0 Å². The first kappa shape index (κ1) is 15.2. The summed E-state index contributed by atoms with van der Waals surface area (Å²) >= 11 is 0. The van der Waals surface area contributed by atoms with E-state index in [1.165, 1.54) is 19.3 Å². The van der Waals surface area contributed by atoms with Crippen molar-refractivity contribution in [1.82, 2.24) is 0 Å². The Morgan fingerprint density at radius 1 is 1.25 bits per heavy atom. The summed E-state index contributed by atoms with van der Waals surface area (Å²) < 4.78 is 5.21. The van der Waals surface area contributed by atoms with Crippen LogP contribution in [0.2, 0.25) is 0 Å². The van der Waals surface area contributed by atoms with E-state index in [2.05, 4.69) is 20.8 Å². The van der Waals surface area contributed by atoms with Crippen LogP contribution >= 0.6 is 0 Å². The number of ether oxygens (including phenoxy) is 1. The molecule has 0 radical (unpaired) electrons. The normalized spacial score (nSPS) is 12.9. The monoisotopic (exact) mass is 226 g/mol. The van der Waals surface area contributed by atoms with Gasteiger partial charge in [-0.3, -0.25) is 0 Å². The molecular weight excluding hydrogens is 200 g/mol. The van der Waals surface area contributed by atoms with Crippen LogP contribution in [0.15, 0.2) is 12.2 Å². The third-order valence-corrected chi connectivity index (χ3v) is 2.71. The van der Waals surface area contributed by atoms with Crippen LogP contribution < -0.4 is 0 Å². The molecule has 0 aliphatic rings. The summed E-state index contributed by atoms with van der Waals surface area (Å²) in [4.78, 5) is 11.3. The Balaban J connectivity index is 3.70. The van der Waals surface area contributed by atoms with Crippen molar-refractivity contribution < 1.29 is 9.53 Å². The Bertz CT molecular complexity index is 197. The second kappa shape index (κ2) is 10.7. The molecule has 0 fully saturated rings. The van der Waals surface area contributed by atoms with E-state index in [9.17, 15) is 4.79 Å². The molecule has 0 saturated carbocycles. The number of esters is 1. The van der Waals surface area contributed by atoms with Gasteiger partial charge in [-0.15, -0.1) is 0 Å². The maximum Gasteiger partial charge on any atom is 0.330 e. The summed E-state index contributed by atoms with van der Waals surface area (Å²) in [7, 11) is 0. The SMILES string of the molecule is CCC/C=C/C(=O)OCC(CC)CCCC. The highest BCUT2D eigenvalue weighted by Gasteiger charge is 2.07. The van der Waals surface area contributed by atoms with Crippen LogP contribution in [-0.4, -0.2) is 12.6 Å². The molecule has 0 rings (SSSR count). The van der Waals surface area contributed by atoms with Crippen LogP contribution in [0.5, 0.6) is 0 Å². The van der Waals surface area contributed by atoms with Crippen LogP contribution in [0, 0.1) is 5.92 Å². The van der Waals surface area contributed by atoms with Gasteiger partial charge in [0.2, 0.25) is 0 Å². The lowest BCUT2D eigenvalue weighted by atomic mass is 10.0. The lowest BCUT2D eigenvalue weighted by Gasteiger charge is -2.13. The molecule has 94 valence electrons. The second-order valence-corrected chi connectivity index (χ2v) is 4.24. The van der Waals surface area contributed by atoms with Gasteiger partial charge in [0, 0.05) is 6.08 Å². The molecule has 0 saturated heterocycles. The smallest absolute Gasteiger partial charge is 0.330 e. The number of hydrogen-bond acceptors (Lipinski definition) is 2. The van der Waals surface area contributed by atoms with E-state index in [0.717, 1.165) is 19.3 Å². The zero-order valence-corrected chi connectivity index (χ0v) is 11.0. The van der Waals surface area contributed by atoms with E-state index in [0.29, 0.717) is 12.5 Å². The van der Waals surface area contributed by atoms with Crippen molar-refractivity contribution in [3.63, 3.8) is 0 Å². The summed E-state index contributed by atoms with van der Waals surface area (Å²) in [6, 6.07) is 0. The summed E-state index contributed by atoms with van der Waals surface area (Å²) in [5, 5.41) is 0. The third kappa shape index (κ3) is 8.51. The maximum atomic E-state index is 11.3. The zero-order chi connectivity index (χ0) is 12.2. The number of carbonyl (C=O) groups is 1. The largest absolute Gasteiger partial charge is 0.462 e. The van der Waals surface area contributed by atoms with Crippen molar-refractivity contribution in [3.8, 4) is 0 Å². The fraction of sp³-hybridized carbons (Fsp3) is 0.786. The molecule has 2 heteroatoms. The summed E-state index contributed by atoms with van der Waals surface area (Å²) in [6.07, 6.45) is 10.1. The van der Waals surface area contributed by atoms with Gasteiger partial charge in [-0.1, -0.05) is 52.5 Å². The van der Waals surface area contributed by atoms with Crippen molar-refractivity contribution in [1.29, 1.82) is 0 Å². The molecule has 16 heavy (non-hydrogen) atoms. The van der Waals surface area contributed by atoms with Crippen LogP contribution in [0.1, 0.15) is 59.3 Å². The predicted molar refractivity (Wildman–Crippen MR) is 68.3 cm³/mol. The fourth-order valence-electron chi connectivity index (χ4n) is 1.49. The molecule has 0 aromatic carbocycles. The molecule has 1 unspecified atom stereocenters. The molecule has 0 aliphatic carbocycles. The van der Waals surface area contributed by atoms with Gasteiger partial charge in [0.05, 0.1) is 6.61 Å². The Kier molecular flexibility index (Phi) is 10.2. The zero-order valence-electron chi connectivity index (χ0n) is 11.0. The molecule has 0 aromatic rings. The molecule has 0 N–H and O–H groups in total. The van der Waals surface area contributed by atoms with Gasteiger partial charge >= 0.3 is 5.97 Å². The Hall–Kier alpha value is -0.790. The number of allylic oxidation sites excluding steroid dienone is 1. The Labute approximate surface area is 100 Å². The van der Waals surface area contributed by atoms with Crippen LogP contribution in [0.3, 0.4) is 0 Å². The number of unbranched alkanes of at least 4 members (excludes halogenated alkanes) is 2. The summed E-state index contributed by atoms with van der Waals surface area (Å²) in [6.45, 7) is 7.01. The van der Waals surface area contributed by atoms with Crippen LogP contribution in [0.25, 0.3) is 0 Å². The molecule has 0 bridgehead atoms. The number of carbonyl (C=O) groups excluding carboxylic acids is 1. The molecule has 0 spiro atoms. The van der Waals surface area contributed by atoms with Gasteiger partial charge in [0.15, 0.2) is 0 Å². The standard InChI is InChI=1S/C14H26O2/c1-4-7-9-11-14(15)16-12-13(6-3)10-8-5-2/h9,11,13H,4-8,10,12H2,1-3H3/b11-9+. The lowest BCUT2D eigenvalue weighted by molar-refractivity contribution is -0.139. The molecule has 0 amide bonds. The Morgan fingerprint density at radius 2 is 2.00 bits per heavy atom. The number of hydrogen-bond donors (Lipinski definition) is 0. The van der Waals surface area contributed by atoms with Crippen molar-refractivity contribution >= 4 is 5.97 Å². The molecule has 0 aromatic heterocycles. The first-order chi connectivity index (χ1) is 7.74. The fourth-order valence-corrected chi connectivity index (χ4v) is 1.49. The Morgan fingerprint density at radius 3 is 2.56 bits per heavy atom. The minimum absolute atomic E-state index is 0.191. The molecule has 0 aliphatic heterocycles. The van der Waals surface area contributed by atoms with Gasteiger partial charge in [-0.25, -0.2) is 4.79 Å². The van der Waals surface area contributed by atoms with Crippen molar-refractivity contribution in [2.75, 3.05) is 6.61 Å². The highest BCUT2D eigenvalue weighted by Crippen LogP contribution is 2.12. The van der Waals surface area contributed by atoms with Crippen molar-refractivity contribution in [2.24, 2.45) is 5.92 Å². The molecule has 2 nitrogen and oxygen atoms in total. The average molecular weight is 226 g/mol. The minimum atomic E-state index is -0.191. The summed E-state index contributed by atoms with van der Waals surface area (Å²) in [5.74, 6) is 0.340. The first-order valence-corrected chi connectivity index (χ1v) is 6.57. The summed E-state index contributed by atoms with van der Waals surface area (Å²) in [5.41, 5.74) is 0. The number of rotatable bonds is 9. The van der Waals surface area contributed by atoms with Crippen molar-refractivity contribution in [3.05, 3.63) is 12.2 Å². The first-order valence-electron chi connectivity index (χ1n) is 6.57. The maximum absolute atomic E-state index is 11.3. The third-order valence-electron chi connectivity index (χ3n) is 2.71. The molecule has 0 heterocycles. The quantitative estimate of drug-likeness (QED) is 0.437. The average Bonchev–Trinajstić information content (AvgIpc) is 2.30. The second-order valence-electron chi connectivity index (χ2n) is 4.24. The lowest BCUT2D eigenvalue weighted by Crippen LogP contribution is -2.12. The van der Waals surface area contributed by atoms with Gasteiger partial charge in [0.1, 0.15) is 0 Å². The van der Waals surface area contributed by atoms with Crippen molar-refractivity contribution in [2.45, 2.75) is 59.3 Å².